The van der Waals surface area contributed by atoms with E-state index in [0.717, 1.165) is 19.3 Å². The van der Waals surface area contributed by atoms with Crippen LogP contribution in [0.3, 0.4) is 0 Å². The highest BCUT2D eigenvalue weighted by Gasteiger charge is 2.54. The predicted molar refractivity (Wildman–Crippen MR) is 172 cm³/mol. The molecule has 46 heavy (non-hydrogen) atoms. The number of aliphatic imine (C=N–C) groups is 1. The van der Waals surface area contributed by atoms with E-state index in [0.29, 0.717) is 48.3 Å². The van der Waals surface area contributed by atoms with Crippen molar-refractivity contribution in [1.82, 2.24) is 5.32 Å². The number of benzene rings is 2. The van der Waals surface area contributed by atoms with Crippen LogP contribution in [0.2, 0.25) is 0 Å². The molecule has 1 fully saturated rings. The number of hydrogen-bond acceptors (Lipinski definition) is 9. The largest absolute Gasteiger partial charge is 0.494 e. The molecule has 12 nitrogen and oxygen atoms in total. The molecule has 2 atom stereocenters. The highest BCUT2D eigenvalue weighted by Crippen LogP contribution is 2.45. The van der Waals surface area contributed by atoms with Gasteiger partial charge in [0.25, 0.3) is 5.91 Å². The maximum absolute atomic E-state index is 14.5. The molecular weight excluding hydrogens is 590 g/mol. The fraction of sp³-hybridized carbons (Fsp3) is 0.559. The first kappa shape index (κ1) is 34.7. The van der Waals surface area contributed by atoms with Gasteiger partial charge in [-0.1, -0.05) is 48.6 Å². The van der Waals surface area contributed by atoms with Gasteiger partial charge in [0.1, 0.15) is 11.4 Å². The fourth-order valence-corrected chi connectivity index (χ4v) is 5.86. The van der Waals surface area contributed by atoms with Crippen LogP contribution >= 0.6 is 0 Å². The van der Waals surface area contributed by atoms with Gasteiger partial charge in [-0.3, -0.25) is 9.59 Å². The van der Waals surface area contributed by atoms with Gasteiger partial charge in [-0.25, -0.2) is 4.99 Å². The topological polar surface area (TPSA) is 175 Å². The summed E-state index contributed by atoms with van der Waals surface area (Å²) in [5, 5.41) is 27.0. The van der Waals surface area contributed by atoms with Crippen LogP contribution in [0.1, 0.15) is 94.9 Å². The van der Waals surface area contributed by atoms with Gasteiger partial charge in [-0.05, 0) is 81.0 Å². The standard InChI is InChI=1S/C34H45N5O7/c1-32(2,3)46-28(41)16-19-34(31(42)36-23-33(43)17-7-4-8-18-33)29(27-11-6-5-10-25(27)22-37-39-35)45-30(38-34)24-12-14-26(15-13-24)44-21-9-20-40/h5-6,10-15,29,40,43H,4,7-9,16-23H2,1-3H3,(H,36,42)/t29-,34-/m1/s1. The maximum atomic E-state index is 14.5. The van der Waals surface area contributed by atoms with E-state index in [2.05, 4.69) is 15.3 Å². The van der Waals surface area contributed by atoms with Gasteiger partial charge in [0.05, 0.1) is 18.8 Å². The summed E-state index contributed by atoms with van der Waals surface area (Å²) in [6.45, 7) is 5.77. The summed E-state index contributed by atoms with van der Waals surface area (Å²) >= 11 is 0. The van der Waals surface area contributed by atoms with E-state index in [9.17, 15) is 14.7 Å². The van der Waals surface area contributed by atoms with Gasteiger partial charge in [0.15, 0.2) is 11.6 Å². The summed E-state index contributed by atoms with van der Waals surface area (Å²) in [5.74, 6) is -0.180. The van der Waals surface area contributed by atoms with Crippen molar-refractivity contribution >= 4 is 17.8 Å². The molecular formula is C34H45N5O7. The van der Waals surface area contributed by atoms with E-state index in [4.69, 9.17) is 29.8 Å². The highest BCUT2D eigenvalue weighted by molar-refractivity contribution is 6.01. The van der Waals surface area contributed by atoms with Gasteiger partial charge in [-0.15, -0.1) is 0 Å². The molecule has 0 bridgehead atoms. The molecule has 0 radical (unpaired) electrons. The lowest BCUT2D eigenvalue weighted by Crippen LogP contribution is -2.53. The van der Waals surface area contributed by atoms with Crippen molar-refractivity contribution in [2.75, 3.05) is 19.8 Å². The van der Waals surface area contributed by atoms with Gasteiger partial charge < -0.3 is 29.7 Å². The Morgan fingerprint density at radius 1 is 1.13 bits per heavy atom. The van der Waals surface area contributed by atoms with Crippen molar-refractivity contribution in [3.63, 3.8) is 0 Å². The lowest BCUT2D eigenvalue weighted by atomic mass is 9.81. The summed E-state index contributed by atoms with van der Waals surface area (Å²) in [6, 6.07) is 14.2. The second kappa shape index (κ2) is 15.4. The van der Waals surface area contributed by atoms with Crippen molar-refractivity contribution < 1.29 is 34.0 Å². The van der Waals surface area contributed by atoms with Crippen LogP contribution < -0.4 is 10.1 Å². The molecule has 248 valence electrons. The van der Waals surface area contributed by atoms with Crippen LogP contribution in [-0.2, 0) is 25.6 Å². The molecule has 3 N–H and O–H groups in total. The molecule has 1 aliphatic heterocycles. The minimum absolute atomic E-state index is 0.0191. The summed E-state index contributed by atoms with van der Waals surface area (Å²) in [6.07, 6.45) is 3.28. The van der Waals surface area contributed by atoms with Crippen molar-refractivity contribution in [1.29, 1.82) is 0 Å². The zero-order valence-corrected chi connectivity index (χ0v) is 26.9. The molecule has 1 saturated carbocycles. The molecule has 12 heteroatoms. The average Bonchev–Trinajstić information content (AvgIpc) is 3.42. The number of nitrogens with zero attached hydrogens (tertiary/aromatic N) is 4. The third kappa shape index (κ3) is 8.99. The third-order valence-corrected chi connectivity index (χ3v) is 8.16. The lowest BCUT2D eigenvalue weighted by molar-refractivity contribution is -0.155. The van der Waals surface area contributed by atoms with Gasteiger partial charge >= 0.3 is 5.97 Å². The number of rotatable bonds is 14. The van der Waals surface area contributed by atoms with Gasteiger partial charge in [0.2, 0.25) is 5.90 Å². The van der Waals surface area contributed by atoms with Crippen molar-refractivity contribution in [3.8, 4) is 5.75 Å². The summed E-state index contributed by atoms with van der Waals surface area (Å²) in [5.41, 5.74) is 7.50. The molecule has 0 spiro atoms. The number of azide groups is 1. The molecule has 1 aliphatic carbocycles. The van der Waals surface area contributed by atoms with E-state index >= 15 is 0 Å². The SMILES string of the molecule is CC(C)(C)OC(=O)CC[C@@]1(C(=O)NCC2(O)CCCCC2)N=C(c2ccc(OCCCO)cc2)O[C@@H]1c1ccccc1CN=[N+]=[N-]. The Balaban J connectivity index is 1.76. The second-order valence-electron chi connectivity index (χ2n) is 12.9. The van der Waals surface area contributed by atoms with Gasteiger partial charge in [0, 0.05) is 36.5 Å². The number of hydrogen-bond donors (Lipinski definition) is 3. The first-order chi connectivity index (χ1) is 22.0. The number of aliphatic hydroxyl groups is 2. The maximum Gasteiger partial charge on any atom is 0.306 e. The first-order valence-corrected chi connectivity index (χ1v) is 15.9. The Morgan fingerprint density at radius 2 is 1.85 bits per heavy atom. The molecule has 0 saturated heterocycles. The Labute approximate surface area is 269 Å². The number of nitrogens with one attached hydrogen (secondary N) is 1. The number of ether oxygens (including phenoxy) is 3. The zero-order valence-electron chi connectivity index (χ0n) is 26.9. The Kier molecular flexibility index (Phi) is 11.7. The van der Waals surface area contributed by atoms with E-state index in [-0.39, 0.29) is 38.4 Å². The number of amides is 1. The van der Waals surface area contributed by atoms with Crippen molar-refractivity contribution in [2.45, 2.75) is 102 Å². The van der Waals surface area contributed by atoms with Crippen LogP contribution in [0.5, 0.6) is 5.75 Å². The van der Waals surface area contributed by atoms with Crippen LogP contribution in [-0.4, -0.2) is 64.5 Å². The molecule has 0 unspecified atom stereocenters. The first-order valence-electron chi connectivity index (χ1n) is 15.9. The Hall–Kier alpha value is -4.12. The third-order valence-electron chi connectivity index (χ3n) is 8.16. The molecule has 0 aromatic heterocycles. The van der Waals surface area contributed by atoms with Crippen molar-refractivity contribution in [3.05, 3.63) is 75.7 Å². The summed E-state index contributed by atoms with van der Waals surface area (Å²) < 4.78 is 17.8. The fourth-order valence-electron chi connectivity index (χ4n) is 5.86. The van der Waals surface area contributed by atoms with E-state index in [1.165, 1.54) is 0 Å². The number of esters is 1. The molecule has 2 aromatic carbocycles. The average molecular weight is 636 g/mol. The molecule has 1 amide bonds. The second-order valence-corrected chi connectivity index (χ2v) is 12.9. The normalized spacial score (nSPS) is 20.5. The van der Waals surface area contributed by atoms with Crippen LogP contribution in [0.25, 0.3) is 10.4 Å². The smallest absolute Gasteiger partial charge is 0.306 e. The quantitative estimate of drug-likeness (QED) is 0.0813. The number of carbonyl (C=O) groups is 2. The minimum Gasteiger partial charge on any atom is -0.494 e. The lowest BCUT2D eigenvalue weighted by Gasteiger charge is -2.35. The highest BCUT2D eigenvalue weighted by atomic mass is 16.6. The Bertz CT molecular complexity index is 1430. The zero-order chi connectivity index (χ0) is 33.2. The van der Waals surface area contributed by atoms with Crippen molar-refractivity contribution in [2.24, 2.45) is 10.1 Å². The van der Waals surface area contributed by atoms with Crippen LogP contribution in [0.4, 0.5) is 0 Å². The molecule has 2 aliphatic rings. The van der Waals surface area contributed by atoms with E-state index < -0.39 is 34.7 Å². The number of carbonyl (C=O) groups excluding carboxylic acids is 2. The Morgan fingerprint density at radius 3 is 2.52 bits per heavy atom. The van der Waals surface area contributed by atoms with Crippen LogP contribution in [0.15, 0.2) is 58.6 Å². The molecule has 4 rings (SSSR count). The summed E-state index contributed by atoms with van der Waals surface area (Å²) in [4.78, 5) is 35.3. The molecule has 2 aromatic rings. The van der Waals surface area contributed by atoms with E-state index in [1.807, 2.05) is 0 Å². The minimum atomic E-state index is -1.62. The predicted octanol–water partition coefficient (Wildman–Crippen LogP) is 5.45. The molecule has 1 heterocycles. The summed E-state index contributed by atoms with van der Waals surface area (Å²) in [7, 11) is 0. The van der Waals surface area contributed by atoms with Gasteiger partial charge in [-0.2, -0.15) is 0 Å². The number of aliphatic hydroxyl groups excluding tert-OH is 1. The van der Waals surface area contributed by atoms with E-state index in [1.54, 1.807) is 69.3 Å². The monoisotopic (exact) mass is 635 g/mol. The van der Waals surface area contributed by atoms with Crippen LogP contribution in [0, 0.1) is 0 Å².